The molecule has 1 atom stereocenters. The quantitative estimate of drug-likeness (QED) is 0.215. The Morgan fingerprint density at radius 3 is 1.36 bits per heavy atom. The molecular formula is C37H47O3PS. The lowest BCUT2D eigenvalue weighted by atomic mass is 9.75. The van der Waals surface area contributed by atoms with Crippen molar-refractivity contribution in [3.8, 4) is 11.5 Å². The van der Waals surface area contributed by atoms with Crippen LogP contribution in [0, 0.1) is 0 Å². The van der Waals surface area contributed by atoms with E-state index in [9.17, 15) is 5.11 Å². The van der Waals surface area contributed by atoms with Crippen LogP contribution in [0.25, 0.3) is 0 Å². The van der Waals surface area contributed by atoms with Crippen LogP contribution in [0.15, 0.2) is 72.8 Å². The number of methoxy groups -OCH3 is 2. The lowest BCUT2D eigenvalue weighted by molar-refractivity contribution is 0.129. The molecule has 3 aromatic carbocycles. The molecule has 0 bridgehead atoms. The fourth-order valence-corrected chi connectivity index (χ4v) is 8.54. The molecule has 224 valence electrons. The van der Waals surface area contributed by atoms with Crippen molar-refractivity contribution in [3.63, 3.8) is 0 Å². The molecule has 0 aliphatic heterocycles. The van der Waals surface area contributed by atoms with Crippen LogP contribution in [0.3, 0.4) is 0 Å². The molecule has 0 fully saturated rings. The van der Waals surface area contributed by atoms with E-state index in [1.165, 1.54) is 26.6 Å². The minimum atomic E-state index is -1.32. The first-order valence-electron chi connectivity index (χ1n) is 14.6. The van der Waals surface area contributed by atoms with Gasteiger partial charge in [0.1, 0.15) is 17.1 Å². The van der Waals surface area contributed by atoms with E-state index in [4.69, 9.17) is 9.47 Å². The maximum absolute atomic E-state index is 12.6. The summed E-state index contributed by atoms with van der Waals surface area (Å²) in [5.41, 5.74) is 4.53. The zero-order valence-electron chi connectivity index (χ0n) is 27.1. The van der Waals surface area contributed by atoms with Crippen LogP contribution < -0.4 is 19.4 Å². The molecule has 42 heavy (non-hydrogen) atoms. The second-order valence-electron chi connectivity index (χ2n) is 14.2. The van der Waals surface area contributed by atoms with Crippen LogP contribution in [0.2, 0.25) is 0 Å². The van der Waals surface area contributed by atoms with Crippen molar-refractivity contribution in [3.05, 3.63) is 105 Å². The minimum Gasteiger partial charge on any atom is -0.497 e. The largest absolute Gasteiger partial charge is 0.497 e. The van der Waals surface area contributed by atoms with E-state index in [1.54, 1.807) is 25.6 Å². The molecule has 1 unspecified atom stereocenters. The number of hydrogen-bond donors (Lipinski definition) is 1. The number of hydrogen-bond acceptors (Lipinski definition) is 4. The standard InChI is InChI=1S/C37H47O3PS/c1-34(2,3)26-22-29(35(4,5)6)33(30(23-26)36(7,8)9)41-32-21-20-31(42-32)37(38,24-12-16-27(39-10)17-13-24)25-14-18-28(40-11)19-15-25/h12-23,38,41H,1-11H3. The average Bonchev–Trinajstić information content (AvgIpc) is 3.40. The molecular weight excluding hydrogens is 555 g/mol. The Kier molecular flexibility index (Phi) is 9.06. The first kappa shape index (κ1) is 32.3. The highest BCUT2D eigenvalue weighted by Crippen LogP contribution is 2.42. The van der Waals surface area contributed by atoms with Gasteiger partial charge in [0.25, 0.3) is 0 Å². The van der Waals surface area contributed by atoms with Crippen LogP contribution in [0.5, 0.6) is 11.5 Å². The normalized spacial score (nSPS) is 13.1. The van der Waals surface area contributed by atoms with Gasteiger partial charge in [-0.2, -0.15) is 0 Å². The van der Waals surface area contributed by atoms with Gasteiger partial charge in [0.05, 0.1) is 14.2 Å². The lowest BCUT2D eigenvalue weighted by Gasteiger charge is -2.33. The number of benzene rings is 3. The number of aliphatic hydroxyl groups is 1. The molecule has 0 saturated carbocycles. The van der Waals surface area contributed by atoms with E-state index in [0.29, 0.717) is 8.58 Å². The van der Waals surface area contributed by atoms with Gasteiger partial charge < -0.3 is 14.6 Å². The molecule has 1 aromatic heterocycles. The van der Waals surface area contributed by atoms with Crippen molar-refractivity contribution < 1.29 is 14.6 Å². The zero-order chi connectivity index (χ0) is 31.1. The fraction of sp³-hybridized carbons (Fsp3) is 0.405. The summed E-state index contributed by atoms with van der Waals surface area (Å²) in [7, 11) is 3.79. The smallest absolute Gasteiger partial charge is 0.149 e. The van der Waals surface area contributed by atoms with Crippen molar-refractivity contribution in [2.75, 3.05) is 14.2 Å². The highest BCUT2D eigenvalue weighted by atomic mass is 32.1. The number of thiophene rings is 1. The summed E-state index contributed by atoms with van der Waals surface area (Å²) in [5, 5.41) is 14.0. The second kappa shape index (κ2) is 11.8. The van der Waals surface area contributed by atoms with E-state index in [0.717, 1.165) is 27.5 Å². The molecule has 4 aromatic rings. The highest BCUT2D eigenvalue weighted by Gasteiger charge is 2.36. The summed E-state index contributed by atoms with van der Waals surface area (Å²) in [5.74, 6) is 1.51. The molecule has 0 spiro atoms. The molecule has 4 rings (SSSR count). The summed E-state index contributed by atoms with van der Waals surface area (Å²) in [4.78, 5) is 0.890. The Balaban J connectivity index is 1.87. The van der Waals surface area contributed by atoms with E-state index >= 15 is 0 Å². The number of rotatable bonds is 7. The van der Waals surface area contributed by atoms with E-state index in [1.807, 2.05) is 48.5 Å². The molecule has 5 heteroatoms. The topological polar surface area (TPSA) is 38.7 Å². The third-order valence-electron chi connectivity index (χ3n) is 7.85. The molecule has 0 saturated heterocycles. The molecule has 0 aliphatic carbocycles. The predicted octanol–water partition coefficient (Wildman–Crippen LogP) is 8.57. The molecule has 1 heterocycles. The zero-order valence-corrected chi connectivity index (χ0v) is 28.9. The Morgan fingerprint density at radius 2 is 1.00 bits per heavy atom. The summed E-state index contributed by atoms with van der Waals surface area (Å²) in [6.45, 7) is 20.8. The summed E-state index contributed by atoms with van der Waals surface area (Å²) < 4.78 is 12.1. The molecule has 0 amide bonds. The number of ether oxygens (including phenoxy) is 2. The highest BCUT2D eigenvalue weighted by molar-refractivity contribution is 7.63. The van der Waals surface area contributed by atoms with Gasteiger partial charge in [0, 0.05) is 9.50 Å². The van der Waals surface area contributed by atoms with Gasteiger partial charge in [-0.15, -0.1) is 11.3 Å². The third-order valence-corrected chi connectivity index (χ3v) is 10.7. The molecule has 0 radical (unpaired) electrons. The van der Waals surface area contributed by atoms with Gasteiger partial charge in [-0.25, -0.2) is 0 Å². The van der Waals surface area contributed by atoms with Crippen molar-refractivity contribution in [2.24, 2.45) is 0 Å². The third kappa shape index (κ3) is 6.62. The minimum absolute atomic E-state index is 0.00336. The van der Waals surface area contributed by atoms with Crippen LogP contribution in [0.1, 0.15) is 95.0 Å². The maximum atomic E-state index is 12.6. The fourth-order valence-electron chi connectivity index (χ4n) is 5.23. The van der Waals surface area contributed by atoms with E-state index in [-0.39, 0.29) is 16.2 Å². The summed E-state index contributed by atoms with van der Waals surface area (Å²) in [6.07, 6.45) is 0. The second-order valence-corrected chi connectivity index (χ2v) is 16.9. The van der Waals surface area contributed by atoms with Gasteiger partial charge in [-0.05, 0) is 94.3 Å². The Bertz CT molecular complexity index is 1430. The van der Waals surface area contributed by atoms with Gasteiger partial charge in [0.15, 0.2) is 0 Å². The first-order chi connectivity index (χ1) is 19.5. The predicted molar refractivity (Wildman–Crippen MR) is 183 cm³/mol. The van der Waals surface area contributed by atoms with Crippen molar-refractivity contribution >= 4 is 29.8 Å². The monoisotopic (exact) mass is 602 g/mol. The van der Waals surface area contributed by atoms with Crippen LogP contribution >= 0.6 is 19.9 Å². The lowest BCUT2D eigenvalue weighted by Crippen LogP contribution is -2.31. The average molecular weight is 603 g/mol. The first-order valence-corrected chi connectivity index (χ1v) is 16.4. The van der Waals surface area contributed by atoms with E-state index in [2.05, 4.69) is 86.6 Å². The van der Waals surface area contributed by atoms with E-state index < -0.39 is 5.60 Å². The van der Waals surface area contributed by atoms with Crippen LogP contribution in [-0.2, 0) is 21.8 Å². The Hall–Kier alpha value is -2.65. The molecule has 0 aliphatic rings. The molecule has 3 nitrogen and oxygen atoms in total. The van der Waals surface area contributed by atoms with Crippen LogP contribution in [0.4, 0.5) is 0 Å². The molecule has 1 N–H and O–H groups in total. The summed E-state index contributed by atoms with van der Waals surface area (Å²) >= 11 is 1.69. The van der Waals surface area contributed by atoms with Gasteiger partial charge in [-0.3, -0.25) is 0 Å². The van der Waals surface area contributed by atoms with Crippen molar-refractivity contribution in [2.45, 2.75) is 84.2 Å². The maximum Gasteiger partial charge on any atom is 0.149 e. The van der Waals surface area contributed by atoms with Crippen molar-refractivity contribution in [1.82, 2.24) is 0 Å². The van der Waals surface area contributed by atoms with Crippen molar-refractivity contribution in [1.29, 1.82) is 0 Å². The van der Waals surface area contributed by atoms with Crippen LogP contribution in [-0.4, -0.2) is 19.3 Å². The van der Waals surface area contributed by atoms with Gasteiger partial charge in [-0.1, -0.05) is 98.7 Å². The Morgan fingerprint density at radius 1 is 0.571 bits per heavy atom. The van der Waals surface area contributed by atoms with Gasteiger partial charge in [0.2, 0.25) is 0 Å². The SMILES string of the molecule is COc1ccc(C(O)(c2ccc(OC)cc2)c2ccc(Pc3c(C(C)(C)C)cc(C(C)(C)C)cc3C(C)(C)C)s2)cc1. The Labute approximate surface area is 259 Å². The summed E-state index contributed by atoms with van der Waals surface area (Å²) in [6, 6.07) is 24.6. The van der Waals surface area contributed by atoms with Gasteiger partial charge >= 0.3 is 0 Å².